The van der Waals surface area contributed by atoms with Crippen LogP contribution in [0, 0.1) is 0 Å². The minimum atomic E-state index is -3.31. The van der Waals surface area contributed by atoms with Gasteiger partial charge in [-0.15, -0.1) is 0 Å². The van der Waals surface area contributed by atoms with Crippen LogP contribution in [-0.2, 0) is 119 Å². The normalized spacial score (nSPS) is 47.5. The summed E-state index contributed by atoms with van der Waals surface area (Å²) in [6.07, 6.45) is -98.3. The molecule has 10 aliphatic heterocycles. The number of carboxylic acid groups (broad SMARTS) is 1. The van der Waals surface area contributed by atoms with Crippen LogP contribution >= 0.6 is 0 Å². The first kappa shape index (κ1) is 108. The van der Waals surface area contributed by atoms with Gasteiger partial charge in [0.15, 0.2) is 56.6 Å². The second-order valence-corrected chi connectivity index (χ2v) is 33.2. The highest BCUT2D eigenvalue weighted by Gasteiger charge is 2.64. The molecule has 0 radical (unpaired) electrons. The summed E-state index contributed by atoms with van der Waals surface area (Å²) in [4.78, 5) is 77.1. The molecular weight excluding hydrogens is 1790 g/mol. The van der Waals surface area contributed by atoms with Crippen molar-refractivity contribution in [2.24, 2.45) is 0 Å². The fourth-order valence-electron chi connectivity index (χ4n) is 16.9. The fourth-order valence-corrected chi connectivity index (χ4v) is 16.9. The number of carbonyl (C=O) groups excluding carboxylic acids is 5. The second kappa shape index (κ2) is 46.6. The Kier molecular flexibility index (Phi) is 38.4. The van der Waals surface area contributed by atoms with Gasteiger partial charge < -0.3 is 260 Å². The Morgan fingerprint density at radius 3 is 1.15 bits per heavy atom. The van der Waals surface area contributed by atoms with Crippen molar-refractivity contribution >= 4 is 35.5 Å². The maximum Gasteiger partial charge on any atom is 0.364 e. The van der Waals surface area contributed by atoms with Gasteiger partial charge in [0.1, 0.15) is 232 Å². The van der Waals surface area contributed by atoms with Crippen LogP contribution in [0.4, 0.5) is 0 Å². The van der Waals surface area contributed by atoms with Crippen molar-refractivity contribution in [2.75, 3.05) is 59.5 Å². The average molecular weight is 1920 g/mol. The molecule has 10 rings (SSSR count). The Hall–Kier alpha value is -5.02. The molecular formula is C73H121N5O53. The number of carbonyl (C=O) groups is 6. The van der Waals surface area contributed by atoms with E-state index in [4.69, 9.17) is 90.0 Å². The molecule has 0 aromatic rings. The molecule has 0 bridgehead atoms. The predicted molar refractivity (Wildman–Crippen MR) is 403 cm³/mol. The molecule has 5 amide bonds. The van der Waals surface area contributed by atoms with E-state index >= 15 is 0 Å². The Balaban J connectivity index is 0.963. The molecule has 0 aliphatic carbocycles. The van der Waals surface area contributed by atoms with Crippen molar-refractivity contribution in [3.05, 3.63) is 0 Å². The average Bonchev–Trinajstić information content (AvgIpc) is 0.745. The summed E-state index contributed by atoms with van der Waals surface area (Å²) in [6.45, 7) is -4.62. The highest BCUT2D eigenvalue weighted by atomic mass is 16.8. The van der Waals surface area contributed by atoms with E-state index in [9.17, 15) is 172 Å². The van der Waals surface area contributed by atoms with Crippen LogP contribution in [0.3, 0.4) is 0 Å². The SMILES string of the molecule is CC(=O)N[C@@H]1[C@H](O[C@@H]2[C@@H](O[C@@H]3[C@H](O)[C@H](O[C@H]4[C@H](O)[C@@H](NC(C)=O)[C@H](O[C@H]5[C@H](O)[C@@H](NC(C)=O)[C@H](O)O[C@@H]5CO[C@H]5O[C@H](C)[C@H](O)[C@H](O)[C@H]5O)O[C@@H]4CO)O[C@H](CO[C@H]4O[C@H](CO)[C@@H](O)[C@H](O)[C@@H]4O[C@@H]4O[C@H](CO)[C@@H](O[C@@H]5O[C@H](CO)[C@H](O)[C@H](O[C@]6(C(=O)O)C[C@H](O)[C@@H](NC(C)=O)[C@H]([C@H](O)[C@H](O)CO)O6)[C@H]5O)[C@H](O)[C@H]4NC(C)=O)[C@H]3O)O[C@H](CO)[C@@H](O)[C@@H]2O)O[C@H](CO)[C@@H](O)[C@@H]1O. The lowest BCUT2D eigenvalue weighted by molar-refractivity contribution is -0.397. The van der Waals surface area contributed by atoms with E-state index in [1.165, 1.54) is 6.92 Å². The van der Waals surface area contributed by atoms with E-state index in [-0.39, 0.29) is 0 Å². The molecule has 0 aromatic carbocycles. The van der Waals surface area contributed by atoms with Gasteiger partial charge in [0, 0.05) is 41.0 Å². The largest absolute Gasteiger partial charge is 0.477 e. The highest BCUT2D eigenvalue weighted by molar-refractivity contribution is 5.77. The number of aliphatic hydroxyl groups is 27. The van der Waals surface area contributed by atoms with Gasteiger partial charge in [-0.2, -0.15) is 0 Å². The number of ether oxygens (including phenoxy) is 19. The van der Waals surface area contributed by atoms with Crippen LogP contribution in [-0.4, -0.2) is 550 Å². The van der Waals surface area contributed by atoms with Gasteiger partial charge in [0.2, 0.25) is 29.5 Å². The number of carboxylic acids is 1. The van der Waals surface area contributed by atoms with E-state index in [2.05, 4.69) is 26.6 Å². The van der Waals surface area contributed by atoms with Gasteiger partial charge >= 0.3 is 5.97 Å². The zero-order valence-corrected chi connectivity index (χ0v) is 70.7. The van der Waals surface area contributed by atoms with Crippen LogP contribution in [0.15, 0.2) is 0 Å². The van der Waals surface area contributed by atoms with Gasteiger partial charge in [0.05, 0.1) is 77.7 Å². The van der Waals surface area contributed by atoms with Crippen molar-refractivity contribution in [1.82, 2.24) is 26.6 Å². The van der Waals surface area contributed by atoms with Gasteiger partial charge in [0.25, 0.3) is 5.79 Å². The van der Waals surface area contributed by atoms with Crippen LogP contribution < -0.4 is 26.6 Å². The summed E-state index contributed by atoms with van der Waals surface area (Å²) in [6, 6.07) is -9.50. The molecule has 10 aliphatic rings. The Morgan fingerprint density at radius 1 is 0.328 bits per heavy atom. The number of hydrogen-bond donors (Lipinski definition) is 33. The summed E-state index contributed by atoms with van der Waals surface area (Å²) >= 11 is 0. The third-order valence-corrected chi connectivity index (χ3v) is 23.8. The van der Waals surface area contributed by atoms with Crippen LogP contribution in [0.25, 0.3) is 0 Å². The molecule has 131 heavy (non-hydrogen) atoms. The molecule has 756 valence electrons. The summed E-state index contributed by atoms with van der Waals surface area (Å²) in [5.41, 5.74) is 0. The molecule has 58 heteroatoms. The number of amides is 5. The number of aliphatic hydroxyl groups excluding tert-OH is 27. The fraction of sp³-hybridized carbons (Fsp3) is 0.918. The molecule has 58 nitrogen and oxygen atoms in total. The summed E-state index contributed by atoms with van der Waals surface area (Å²) in [7, 11) is 0. The van der Waals surface area contributed by atoms with E-state index < -0.39 is 414 Å². The molecule has 10 heterocycles. The van der Waals surface area contributed by atoms with E-state index in [1.54, 1.807) is 0 Å². The van der Waals surface area contributed by atoms with E-state index in [0.29, 0.717) is 0 Å². The smallest absolute Gasteiger partial charge is 0.364 e. The van der Waals surface area contributed by atoms with Crippen LogP contribution in [0.5, 0.6) is 0 Å². The third kappa shape index (κ3) is 24.1. The number of hydrogen-bond acceptors (Lipinski definition) is 52. The molecule has 10 fully saturated rings. The predicted octanol–water partition coefficient (Wildman–Crippen LogP) is -21.9. The molecule has 10 saturated heterocycles. The molecule has 0 aromatic heterocycles. The first-order valence-corrected chi connectivity index (χ1v) is 41.6. The summed E-state index contributed by atoms with van der Waals surface area (Å²) < 4.78 is 113. The van der Waals surface area contributed by atoms with Crippen LogP contribution in [0.2, 0.25) is 0 Å². The van der Waals surface area contributed by atoms with Gasteiger partial charge in [-0.05, 0) is 6.92 Å². The molecule has 0 saturated carbocycles. The van der Waals surface area contributed by atoms with Crippen molar-refractivity contribution in [2.45, 2.75) is 360 Å². The zero-order chi connectivity index (χ0) is 96.9. The first-order valence-electron chi connectivity index (χ1n) is 41.6. The Labute approximate surface area is 741 Å². The third-order valence-electron chi connectivity index (χ3n) is 23.8. The Bertz CT molecular complexity index is 3670. The summed E-state index contributed by atoms with van der Waals surface area (Å²) in [5.74, 6) is -10.2. The van der Waals surface area contributed by atoms with E-state index in [1.807, 2.05) is 0 Å². The lowest BCUT2D eigenvalue weighted by atomic mass is 9.88. The highest BCUT2D eigenvalue weighted by Crippen LogP contribution is 2.43. The second-order valence-electron chi connectivity index (χ2n) is 33.2. The minimum absolute atomic E-state index is 0.854. The topological polar surface area (TPSA) is 904 Å². The lowest BCUT2D eigenvalue weighted by Crippen LogP contribution is -2.71. The molecule has 0 unspecified atom stereocenters. The maximum absolute atomic E-state index is 13.3. The molecule has 33 N–H and O–H groups in total. The van der Waals surface area contributed by atoms with Crippen molar-refractivity contribution < 1.29 is 262 Å². The quantitative estimate of drug-likeness (QED) is 0.0280. The Morgan fingerprint density at radius 2 is 0.679 bits per heavy atom. The van der Waals surface area contributed by atoms with Gasteiger partial charge in [-0.3, -0.25) is 24.0 Å². The number of nitrogens with one attached hydrogen (secondary N) is 5. The molecule has 0 spiro atoms. The first-order chi connectivity index (χ1) is 61.7. The summed E-state index contributed by atoms with van der Waals surface area (Å²) in [5, 5.41) is 326. The lowest BCUT2D eigenvalue weighted by Gasteiger charge is -2.51. The van der Waals surface area contributed by atoms with Gasteiger partial charge in [-0.1, -0.05) is 0 Å². The maximum atomic E-state index is 13.3. The van der Waals surface area contributed by atoms with Crippen molar-refractivity contribution in [1.29, 1.82) is 0 Å². The van der Waals surface area contributed by atoms with Crippen LogP contribution in [0.1, 0.15) is 48.0 Å². The molecule has 51 atom stereocenters. The van der Waals surface area contributed by atoms with Crippen molar-refractivity contribution in [3.8, 4) is 0 Å². The standard InChI is InChI=1S/C73H121N5O53/c1-17-38(93)49(104)52(107)67(115-17)113-16-32-57(46(101)34(63(110)116-32)75-19(3)87)124-65-36(77-21(5)89)47(102)55(29(13-84)121-65)125-68-53(108)59(127-71-62(51(106)42(97)27(11-82)120-71)129-64-35(76-20(4)88)45(100)40(95)25(9-80)117-64)44(99)31(123-68)15-114-70-61(50(105)41(96)26(10-81)119-70)128-66-37(78-22(6)90)48(103)56(30(14-85)122-66)126-69-54(109)60(43(98)28(12-83)118-69)131-73(72(111)112)7-23(91)33(74-18(2)86)58(130-73)39(94)24(92)8-79/h17,23-71,79-85,91-110H,7-16H2,1-6H3,(H,74,86)(H,75,87)(H,76,88)(H,77,89)(H,78,90)(H,111,112)/t17-,23+,24-,25-,26-,27-,28-,29-,30-,31-,32-,33-,34-,35+,36-,37-,38+,39-,40-,41-,42-,43+,44-,45-,46-,47-,48-,49+,50+,51+,52-,53+,54-,55-,56-,57-,58-,59+,60+,61+,62+,63-,64+,65+,66+,67+,68+,69+,70+,71-,73+/m1/s1. The van der Waals surface area contributed by atoms with Crippen molar-refractivity contribution in [3.63, 3.8) is 0 Å². The monoisotopic (exact) mass is 1920 g/mol. The minimum Gasteiger partial charge on any atom is -0.477 e. The zero-order valence-electron chi connectivity index (χ0n) is 70.7. The number of aliphatic carboxylic acids is 1. The van der Waals surface area contributed by atoms with E-state index in [0.717, 1.165) is 34.6 Å². The number of rotatable bonds is 35. The van der Waals surface area contributed by atoms with Gasteiger partial charge in [-0.25, -0.2) is 4.79 Å².